The Morgan fingerprint density at radius 3 is 2.30 bits per heavy atom. The normalized spacial score (nSPS) is 10.8. The van der Waals surface area contributed by atoms with Crippen LogP contribution in [0.1, 0.15) is 30.9 Å². The van der Waals surface area contributed by atoms with Crippen LogP contribution in [-0.2, 0) is 6.54 Å². The number of nitrogens with two attached hydrogens (primary N) is 1. The zero-order chi connectivity index (χ0) is 14.7. The van der Waals surface area contributed by atoms with Gasteiger partial charge in [0.15, 0.2) is 11.6 Å². The number of nitrogens with one attached hydrogen (secondary N) is 1. The standard InChI is InChI=1S/C16H18F2N2/c1-10(2)12-5-3-11(4-6-12)9-20-16-14(19)8-7-13(17)15(16)18/h3-8,10,20H,9,19H2,1-2H3. The van der Waals surface area contributed by atoms with E-state index in [-0.39, 0.29) is 11.4 Å². The van der Waals surface area contributed by atoms with Crippen molar-refractivity contribution in [2.75, 3.05) is 11.1 Å². The molecule has 0 saturated carbocycles. The summed E-state index contributed by atoms with van der Waals surface area (Å²) in [7, 11) is 0. The molecule has 2 aromatic rings. The highest BCUT2D eigenvalue weighted by Crippen LogP contribution is 2.25. The minimum Gasteiger partial charge on any atom is -0.397 e. The molecule has 0 aromatic heterocycles. The number of hydrogen-bond acceptors (Lipinski definition) is 2. The molecule has 2 nitrogen and oxygen atoms in total. The number of benzene rings is 2. The predicted molar refractivity (Wildman–Crippen MR) is 78.6 cm³/mol. The molecule has 0 atom stereocenters. The van der Waals surface area contributed by atoms with Gasteiger partial charge in [0.05, 0.1) is 11.4 Å². The molecular weight excluding hydrogens is 258 g/mol. The van der Waals surface area contributed by atoms with Gasteiger partial charge >= 0.3 is 0 Å². The summed E-state index contributed by atoms with van der Waals surface area (Å²) in [6.07, 6.45) is 0. The molecule has 4 heteroatoms. The quantitative estimate of drug-likeness (QED) is 0.818. The van der Waals surface area contributed by atoms with Crippen molar-refractivity contribution in [1.29, 1.82) is 0 Å². The van der Waals surface area contributed by atoms with Gasteiger partial charge in [0, 0.05) is 6.54 Å². The van der Waals surface area contributed by atoms with Crippen LogP contribution in [0.5, 0.6) is 0 Å². The number of hydrogen-bond donors (Lipinski definition) is 2. The van der Waals surface area contributed by atoms with Crippen molar-refractivity contribution in [3.63, 3.8) is 0 Å². The number of anilines is 2. The van der Waals surface area contributed by atoms with E-state index in [4.69, 9.17) is 5.73 Å². The molecular formula is C16H18F2N2. The van der Waals surface area contributed by atoms with Crippen molar-refractivity contribution in [2.45, 2.75) is 26.3 Å². The van der Waals surface area contributed by atoms with Crippen LogP contribution < -0.4 is 11.1 Å². The van der Waals surface area contributed by atoms with Gasteiger partial charge in [0.25, 0.3) is 0 Å². The van der Waals surface area contributed by atoms with Crippen LogP contribution in [0.3, 0.4) is 0 Å². The fraction of sp³-hybridized carbons (Fsp3) is 0.250. The summed E-state index contributed by atoms with van der Waals surface area (Å²) in [4.78, 5) is 0. The fourth-order valence-electron chi connectivity index (χ4n) is 1.96. The monoisotopic (exact) mass is 276 g/mol. The highest BCUT2D eigenvalue weighted by atomic mass is 19.2. The van der Waals surface area contributed by atoms with Gasteiger partial charge in [-0.25, -0.2) is 8.78 Å². The molecule has 0 spiro atoms. The minimum atomic E-state index is -0.941. The van der Waals surface area contributed by atoms with Gasteiger partial charge in [-0.2, -0.15) is 0 Å². The van der Waals surface area contributed by atoms with Crippen molar-refractivity contribution >= 4 is 11.4 Å². The van der Waals surface area contributed by atoms with Crippen molar-refractivity contribution in [2.24, 2.45) is 0 Å². The molecule has 0 fully saturated rings. The summed E-state index contributed by atoms with van der Waals surface area (Å²) >= 11 is 0. The SMILES string of the molecule is CC(C)c1ccc(CNc2c(N)ccc(F)c2F)cc1. The van der Waals surface area contributed by atoms with Gasteiger partial charge in [0.2, 0.25) is 0 Å². The van der Waals surface area contributed by atoms with Crippen LogP contribution in [0.25, 0.3) is 0 Å². The lowest BCUT2D eigenvalue weighted by molar-refractivity contribution is 0.511. The Morgan fingerprint density at radius 1 is 1.05 bits per heavy atom. The fourth-order valence-corrected chi connectivity index (χ4v) is 1.96. The first kappa shape index (κ1) is 14.3. The van der Waals surface area contributed by atoms with Gasteiger partial charge < -0.3 is 11.1 Å². The van der Waals surface area contributed by atoms with Gasteiger partial charge in [-0.1, -0.05) is 38.1 Å². The molecule has 20 heavy (non-hydrogen) atoms. The second-order valence-electron chi connectivity index (χ2n) is 5.08. The first-order valence-corrected chi connectivity index (χ1v) is 6.55. The van der Waals surface area contributed by atoms with E-state index in [1.54, 1.807) is 0 Å². The Balaban J connectivity index is 2.11. The number of halogens is 2. The molecule has 2 aromatic carbocycles. The third-order valence-corrected chi connectivity index (χ3v) is 3.24. The Hall–Kier alpha value is -2.10. The highest BCUT2D eigenvalue weighted by Gasteiger charge is 2.11. The van der Waals surface area contributed by atoms with Gasteiger partial charge in [-0.15, -0.1) is 0 Å². The average molecular weight is 276 g/mol. The molecule has 0 aliphatic rings. The van der Waals surface area contributed by atoms with E-state index < -0.39 is 11.6 Å². The number of rotatable bonds is 4. The Labute approximate surface area is 117 Å². The maximum Gasteiger partial charge on any atom is 0.183 e. The second kappa shape index (κ2) is 5.90. The predicted octanol–water partition coefficient (Wildman–Crippen LogP) is 4.28. The molecule has 0 amide bonds. The van der Waals surface area contributed by atoms with E-state index in [9.17, 15) is 8.78 Å². The maximum atomic E-state index is 13.6. The summed E-state index contributed by atoms with van der Waals surface area (Å²) in [5, 5.41) is 2.85. The largest absolute Gasteiger partial charge is 0.397 e. The molecule has 0 unspecified atom stereocenters. The maximum absolute atomic E-state index is 13.6. The summed E-state index contributed by atoms with van der Waals surface area (Å²) in [6, 6.07) is 10.4. The minimum absolute atomic E-state index is 0.0120. The van der Waals surface area contributed by atoms with Gasteiger partial charge in [-0.3, -0.25) is 0 Å². The van der Waals surface area contributed by atoms with Gasteiger partial charge in [0.1, 0.15) is 0 Å². The topological polar surface area (TPSA) is 38.0 Å². The van der Waals surface area contributed by atoms with Crippen LogP contribution in [0.2, 0.25) is 0 Å². The van der Waals surface area contributed by atoms with E-state index in [1.807, 2.05) is 24.3 Å². The summed E-state index contributed by atoms with van der Waals surface area (Å²) in [6.45, 7) is 4.63. The number of nitrogen functional groups attached to an aromatic ring is 1. The van der Waals surface area contributed by atoms with Crippen molar-refractivity contribution < 1.29 is 8.78 Å². The average Bonchev–Trinajstić information content (AvgIpc) is 2.43. The van der Waals surface area contributed by atoms with Crippen LogP contribution >= 0.6 is 0 Å². The lowest BCUT2D eigenvalue weighted by atomic mass is 10.0. The summed E-state index contributed by atoms with van der Waals surface area (Å²) in [5.74, 6) is -1.38. The zero-order valence-corrected chi connectivity index (χ0v) is 11.6. The molecule has 0 aliphatic heterocycles. The second-order valence-corrected chi connectivity index (χ2v) is 5.08. The van der Waals surface area contributed by atoms with Crippen LogP contribution in [0.4, 0.5) is 20.2 Å². The lowest BCUT2D eigenvalue weighted by Crippen LogP contribution is -2.06. The molecule has 2 rings (SSSR count). The molecule has 0 bridgehead atoms. The molecule has 0 radical (unpaired) electrons. The van der Waals surface area contributed by atoms with Crippen LogP contribution in [0.15, 0.2) is 36.4 Å². The highest BCUT2D eigenvalue weighted by molar-refractivity contribution is 5.66. The molecule has 0 aliphatic carbocycles. The smallest absolute Gasteiger partial charge is 0.183 e. The Morgan fingerprint density at radius 2 is 1.70 bits per heavy atom. The molecule has 0 heterocycles. The third-order valence-electron chi connectivity index (χ3n) is 3.24. The van der Waals surface area contributed by atoms with E-state index >= 15 is 0 Å². The lowest BCUT2D eigenvalue weighted by Gasteiger charge is -2.12. The van der Waals surface area contributed by atoms with Crippen LogP contribution in [0, 0.1) is 11.6 Å². The van der Waals surface area contributed by atoms with E-state index in [0.29, 0.717) is 12.5 Å². The summed E-state index contributed by atoms with van der Waals surface area (Å²) in [5.41, 5.74) is 8.08. The molecule has 0 saturated heterocycles. The summed E-state index contributed by atoms with van der Waals surface area (Å²) < 4.78 is 26.8. The molecule has 106 valence electrons. The zero-order valence-electron chi connectivity index (χ0n) is 11.6. The Kier molecular flexibility index (Phi) is 4.23. The first-order chi connectivity index (χ1) is 9.49. The van der Waals surface area contributed by atoms with Crippen molar-refractivity contribution in [1.82, 2.24) is 0 Å². The Bertz CT molecular complexity index is 592. The van der Waals surface area contributed by atoms with Gasteiger partial charge in [-0.05, 0) is 29.2 Å². The third kappa shape index (κ3) is 3.07. The van der Waals surface area contributed by atoms with Crippen molar-refractivity contribution in [3.05, 3.63) is 59.2 Å². The van der Waals surface area contributed by atoms with E-state index in [1.165, 1.54) is 11.6 Å². The first-order valence-electron chi connectivity index (χ1n) is 6.55. The van der Waals surface area contributed by atoms with Crippen molar-refractivity contribution in [3.8, 4) is 0 Å². The molecule has 3 N–H and O–H groups in total. The van der Waals surface area contributed by atoms with E-state index in [2.05, 4.69) is 19.2 Å². The van der Waals surface area contributed by atoms with Crippen LogP contribution in [-0.4, -0.2) is 0 Å². The van der Waals surface area contributed by atoms with E-state index in [0.717, 1.165) is 11.6 Å².